The maximum absolute atomic E-state index is 9.58. The van der Waals surface area contributed by atoms with Crippen LogP contribution in [0, 0.1) is 0 Å². The quantitative estimate of drug-likeness (QED) is 0.828. The van der Waals surface area contributed by atoms with Crippen molar-refractivity contribution >= 4 is 23.2 Å². The van der Waals surface area contributed by atoms with Crippen molar-refractivity contribution in [2.45, 2.75) is 6.54 Å². The van der Waals surface area contributed by atoms with Crippen LogP contribution in [-0.2, 0) is 6.54 Å². The number of phenolic OH excluding ortho intramolecular Hbond substituents is 1. The first kappa shape index (κ1) is 10.6. The lowest BCUT2D eigenvalue weighted by atomic mass is 10.2. The van der Waals surface area contributed by atoms with E-state index in [9.17, 15) is 5.11 Å². The van der Waals surface area contributed by atoms with Crippen molar-refractivity contribution in [3.05, 3.63) is 27.7 Å². The summed E-state index contributed by atoms with van der Waals surface area (Å²) < 4.78 is 0. The van der Waals surface area contributed by atoms with Gasteiger partial charge in [0, 0.05) is 17.1 Å². The molecule has 0 fully saturated rings. The van der Waals surface area contributed by atoms with Gasteiger partial charge in [-0.3, -0.25) is 0 Å². The normalized spacial score (nSPS) is 10.8. The van der Waals surface area contributed by atoms with E-state index in [2.05, 4.69) is 0 Å². The van der Waals surface area contributed by atoms with E-state index < -0.39 is 0 Å². The number of aromatic hydroxyl groups is 1. The van der Waals surface area contributed by atoms with Crippen LogP contribution < -0.4 is 0 Å². The Morgan fingerprint density at radius 2 is 1.77 bits per heavy atom. The lowest BCUT2D eigenvalue weighted by Gasteiger charge is -2.13. The third-order valence-corrected chi connectivity index (χ3v) is 2.31. The number of hydrogen-bond donors (Lipinski definition) is 1. The van der Waals surface area contributed by atoms with Gasteiger partial charge in [0.2, 0.25) is 0 Å². The minimum atomic E-state index is 0.0721. The van der Waals surface area contributed by atoms with Crippen LogP contribution in [0.15, 0.2) is 12.1 Å². The first-order chi connectivity index (χ1) is 6.02. The number of benzene rings is 1. The smallest absolute Gasteiger partial charge is 0.140 e. The van der Waals surface area contributed by atoms with Crippen molar-refractivity contribution in [1.82, 2.24) is 4.90 Å². The Balaban J connectivity index is 3.10. The van der Waals surface area contributed by atoms with Crippen molar-refractivity contribution in [2.75, 3.05) is 14.1 Å². The van der Waals surface area contributed by atoms with E-state index in [1.807, 2.05) is 19.0 Å². The number of halogens is 2. The van der Waals surface area contributed by atoms with Crippen LogP contribution in [0.3, 0.4) is 0 Å². The van der Waals surface area contributed by atoms with Crippen LogP contribution >= 0.6 is 23.2 Å². The lowest BCUT2D eigenvalue weighted by Crippen LogP contribution is -2.11. The molecule has 0 heterocycles. The maximum Gasteiger partial charge on any atom is 0.140 e. The molecule has 0 aliphatic rings. The van der Waals surface area contributed by atoms with Crippen LogP contribution in [0.4, 0.5) is 0 Å². The van der Waals surface area contributed by atoms with Crippen molar-refractivity contribution in [3.8, 4) is 5.75 Å². The summed E-state index contributed by atoms with van der Waals surface area (Å²) >= 11 is 11.6. The molecule has 72 valence electrons. The van der Waals surface area contributed by atoms with E-state index in [0.29, 0.717) is 22.2 Å². The average molecular weight is 220 g/mol. The molecule has 0 saturated heterocycles. The molecule has 0 aliphatic heterocycles. The van der Waals surface area contributed by atoms with Crippen LogP contribution in [-0.4, -0.2) is 24.1 Å². The van der Waals surface area contributed by atoms with Gasteiger partial charge < -0.3 is 10.0 Å². The van der Waals surface area contributed by atoms with Gasteiger partial charge in [0.1, 0.15) is 5.75 Å². The summed E-state index contributed by atoms with van der Waals surface area (Å²) in [6, 6.07) is 3.26. The maximum atomic E-state index is 9.58. The van der Waals surface area contributed by atoms with Crippen molar-refractivity contribution in [1.29, 1.82) is 0 Å². The van der Waals surface area contributed by atoms with Crippen LogP contribution in [0.25, 0.3) is 0 Å². The summed E-state index contributed by atoms with van der Waals surface area (Å²) in [6.07, 6.45) is 0. The topological polar surface area (TPSA) is 23.5 Å². The molecule has 1 aromatic carbocycles. The fourth-order valence-corrected chi connectivity index (χ4v) is 1.44. The molecule has 0 radical (unpaired) electrons. The number of hydrogen-bond acceptors (Lipinski definition) is 2. The monoisotopic (exact) mass is 219 g/mol. The second kappa shape index (κ2) is 4.18. The zero-order valence-corrected chi connectivity index (χ0v) is 9.02. The van der Waals surface area contributed by atoms with E-state index in [1.165, 1.54) is 0 Å². The first-order valence-corrected chi connectivity index (χ1v) is 4.58. The van der Waals surface area contributed by atoms with Crippen molar-refractivity contribution in [3.63, 3.8) is 0 Å². The summed E-state index contributed by atoms with van der Waals surface area (Å²) in [4.78, 5) is 1.91. The second-order valence-corrected chi connectivity index (χ2v) is 3.91. The third-order valence-electron chi connectivity index (χ3n) is 1.65. The standard InChI is InChI=1S/C9H11Cl2NO/c1-12(2)5-6-7(10)3-4-8(11)9(6)13/h3-4,13H,5H2,1-2H3. The van der Waals surface area contributed by atoms with E-state index in [0.717, 1.165) is 0 Å². The lowest BCUT2D eigenvalue weighted by molar-refractivity contribution is 0.386. The van der Waals surface area contributed by atoms with Crippen molar-refractivity contribution in [2.24, 2.45) is 0 Å². The third kappa shape index (κ3) is 2.50. The minimum Gasteiger partial charge on any atom is -0.506 e. The molecule has 1 rings (SSSR count). The van der Waals surface area contributed by atoms with Gasteiger partial charge in [-0.15, -0.1) is 0 Å². The summed E-state index contributed by atoms with van der Waals surface area (Å²) in [5.41, 5.74) is 0.666. The Bertz CT molecular complexity index is 313. The zero-order valence-electron chi connectivity index (χ0n) is 7.51. The SMILES string of the molecule is CN(C)Cc1c(Cl)ccc(Cl)c1O. The summed E-state index contributed by atoms with van der Waals surface area (Å²) in [6.45, 7) is 0.575. The molecule has 2 nitrogen and oxygen atoms in total. The number of nitrogens with zero attached hydrogens (tertiary/aromatic N) is 1. The molecule has 0 bridgehead atoms. The van der Waals surface area contributed by atoms with E-state index in [4.69, 9.17) is 23.2 Å². The van der Waals surface area contributed by atoms with Crippen molar-refractivity contribution < 1.29 is 5.11 Å². The summed E-state index contributed by atoms with van der Waals surface area (Å²) in [7, 11) is 3.80. The highest BCUT2D eigenvalue weighted by Crippen LogP contribution is 2.33. The Labute approximate surface area is 87.7 Å². The van der Waals surface area contributed by atoms with Gasteiger partial charge in [-0.2, -0.15) is 0 Å². The molecule has 0 unspecified atom stereocenters. The molecule has 0 saturated carbocycles. The number of rotatable bonds is 2. The first-order valence-electron chi connectivity index (χ1n) is 3.83. The highest BCUT2D eigenvalue weighted by Gasteiger charge is 2.10. The largest absolute Gasteiger partial charge is 0.506 e. The predicted octanol–water partition coefficient (Wildman–Crippen LogP) is 2.76. The average Bonchev–Trinajstić information content (AvgIpc) is 2.05. The summed E-state index contributed by atoms with van der Waals surface area (Å²) in [5.74, 6) is 0.0721. The molecule has 0 aromatic heterocycles. The van der Waals surface area contributed by atoms with Crippen LogP contribution in [0.5, 0.6) is 5.75 Å². The Hall–Kier alpha value is -0.440. The molecule has 1 aromatic rings. The second-order valence-electron chi connectivity index (χ2n) is 3.09. The van der Waals surface area contributed by atoms with E-state index in [1.54, 1.807) is 12.1 Å². The van der Waals surface area contributed by atoms with Gasteiger partial charge in [-0.1, -0.05) is 23.2 Å². The highest BCUT2D eigenvalue weighted by molar-refractivity contribution is 6.34. The molecule has 0 aliphatic carbocycles. The Kier molecular flexibility index (Phi) is 3.42. The molecular formula is C9H11Cl2NO. The molecule has 0 spiro atoms. The van der Waals surface area contributed by atoms with Crippen LogP contribution in [0.1, 0.15) is 5.56 Å². The minimum absolute atomic E-state index is 0.0721. The van der Waals surface area contributed by atoms with E-state index >= 15 is 0 Å². The molecule has 4 heteroatoms. The highest BCUT2D eigenvalue weighted by atomic mass is 35.5. The molecule has 13 heavy (non-hydrogen) atoms. The molecule has 0 amide bonds. The fraction of sp³-hybridized carbons (Fsp3) is 0.333. The van der Waals surface area contributed by atoms with Gasteiger partial charge in [-0.05, 0) is 26.2 Å². The molecular weight excluding hydrogens is 209 g/mol. The number of phenols is 1. The fourth-order valence-electron chi connectivity index (χ4n) is 1.05. The van der Waals surface area contributed by atoms with Gasteiger partial charge >= 0.3 is 0 Å². The Morgan fingerprint density at radius 1 is 1.23 bits per heavy atom. The molecule has 0 atom stereocenters. The van der Waals surface area contributed by atoms with Crippen LogP contribution in [0.2, 0.25) is 10.0 Å². The Morgan fingerprint density at radius 3 is 2.31 bits per heavy atom. The molecule has 1 N–H and O–H groups in total. The van der Waals surface area contributed by atoms with E-state index in [-0.39, 0.29) is 5.75 Å². The van der Waals surface area contributed by atoms with Gasteiger partial charge in [0.25, 0.3) is 0 Å². The zero-order chi connectivity index (χ0) is 10.0. The summed E-state index contributed by atoms with van der Waals surface area (Å²) in [5, 5.41) is 10.5. The van der Waals surface area contributed by atoms with Gasteiger partial charge in [-0.25, -0.2) is 0 Å². The predicted molar refractivity (Wildman–Crippen MR) is 55.5 cm³/mol. The van der Waals surface area contributed by atoms with Gasteiger partial charge in [0.15, 0.2) is 0 Å². The van der Waals surface area contributed by atoms with Gasteiger partial charge in [0.05, 0.1) is 5.02 Å².